The van der Waals surface area contributed by atoms with Gasteiger partial charge < -0.3 is 5.73 Å². The van der Waals surface area contributed by atoms with Gasteiger partial charge in [-0.15, -0.1) is 10.2 Å². The quantitative estimate of drug-likeness (QED) is 0.756. The Morgan fingerprint density at radius 2 is 2.25 bits per heavy atom. The van der Waals surface area contributed by atoms with Crippen LogP contribution in [0.15, 0.2) is 0 Å². The van der Waals surface area contributed by atoms with Gasteiger partial charge in [-0.3, -0.25) is 0 Å². The van der Waals surface area contributed by atoms with Crippen molar-refractivity contribution >= 4 is 11.3 Å². The Morgan fingerprint density at radius 3 is 2.67 bits per heavy atom. The van der Waals surface area contributed by atoms with Crippen LogP contribution in [0, 0.1) is 5.41 Å². The van der Waals surface area contributed by atoms with Crippen molar-refractivity contribution in [2.24, 2.45) is 11.1 Å². The Bertz CT molecular complexity index is 292. The van der Waals surface area contributed by atoms with Crippen molar-refractivity contribution in [2.45, 2.75) is 32.7 Å². The lowest BCUT2D eigenvalue weighted by atomic mass is 10.1. The third-order valence-electron chi connectivity index (χ3n) is 2.47. The van der Waals surface area contributed by atoms with Gasteiger partial charge in [0.1, 0.15) is 10.0 Å². The summed E-state index contributed by atoms with van der Waals surface area (Å²) in [6.45, 7) is 5.05. The van der Waals surface area contributed by atoms with Crippen LogP contribution in [0.1, 0.15) is 36.2 Å². The van der Waals surface area contributed by atoms with Crippen LogP contribution in [-0.4, -0.2) is 10.2 Å². The standard InChI is InChI=1S/C8H13N3S/c1-8(2)3-5(8)7-11-10-6(4-9)12-7/h5H,3-4,9H2,1-2H3. The second-order valence-electron chi connectivity index (χ2n) is 3.98. The van der Waals surface area contributed by atoms with E-state index in [9.17, 15) is 0 Å². The average Bonchev–Trinajstić information content (AvgIpc) is 2.52. The van der Waals surface area contributed by atoms with Crippen molar-refractivity contribution in [2.75, 3.05) is 0 Å². The maximum atomic E-state index is 5.46. The van der Waals surface area contributed by atoms with E-state index in [4.69, 9.17) is 5.73 Å². The molecule has 0 saturated heterocycles. The first-order valence-electron chi connectivity index (χ1n) is 4.16. The van der Waals surface area contributed by atoms with Gasteiger partial charge in [0.15, 0.2) is 0 Å². The third kappa shape index (κ3) is 1.25. The van der Waals surface area contributed by atoms with E-state index in [0.717, 1.165) is 5.01 Å². The van der Waals surface area contributed by atoms with Crippen molar-refractivity contribution in [3.05, 3.63) is 10.0 Å². The number of aromatic nitrogens is 2. The summed E-state index contributed by atoms with van der Waals surface area (Å²) in [4.78, 5) is 0. The minimum absolute atomic E-state index is 0.450. The van der Waals surface area contributed by atoms with E-state index < -0.39 is 0 Å². The van der Waals surface area contributed by atoms with Crippen LogP contribution in [0.2, 0.25) is 0 Å². The van der Waals surface area contributed by atoms with Crippen LogP contribution < -0.4 is 5.73 Å². The number of nitrogens with two attached hydrogens (primary N) is 1. The predicted molar refractivity (Wildman–Crippen MR) is 48.9 cm³/mol. The lowest BCUT2D eigenvalue weighted by Gasteiger charge is -1.96. The minimum atomic E-state index is 0.450. The molecule has 0 amide bonds. The number of hydrogen-bond donors (Lipinski definition) is 1. The van der Waals surface area contributed by atoms with Gasteiger partial charge in [0, 0.05) is 12.5 Å². The van der Waals surface area contributed by atoms with Crippen LogP contribution >= 0.6 is 11.3 Å². The van der Waals surface area contributed by atoms with Crippen molar-refractivity contribution in [1.82, 2.24) is 10.2 Å². The van der Waals surface area contributed by atoms with E-state index in [2.05, 4.69) is 24.0 Å². The molecule has 2 rings (SSSR count). The summed E-state index contributed by atoms with van der Waals surface area (Å²) >= 11 is 1.66. The molecule has 1 unspecified atom stereocenters. The van der Waals surface area contributed by atoms with E-state index >= 15 is 0 Å². The molecular formula is C8H13N3S. The summed E-state index contributed by atoms with van der Waals surface area (Å²) in [6.07, 6.45) is 1.24. The highest BCUT2D eigenvalue weighted by molar-refractivity contribution is 7.11. The van der Waals surface area contributed by atoms with Gasteiger partial charge in [-0.1, -0.05) is 25.2 Å². The van der Waals surface area contributed by atoms with E-state index in [0.29, 0.717) is 17.9 Å². The monoisotopic (exact) mass is 183 g/mol. The summed E-state index contributed by atoms with van der Waals surface area (Å²) in [5.41, 5.74) is 5.91. The van der Waals surface area contributed by atoms with Gasteiger partial charge in [-0.2, -0.15) is 0 Å². The smallest absolute Gasteiger partial charge is 0.131 e. The minimum Gasteiger partial charge on any atom is -0.324 e. The molecule has 1 saturated carbocycles. The molecule has 3 nitrogen and oxygen atoms in total. The fourth-order valence-electron chi connectivity index (χ4n) is 1.38. The van der Waals surface area contributed by atoms with Gasteiger partial charge in [-0.25, -0.2) is 0 Å². The maximum Gasteiger partial charge on any atom is 0.131 e. The van der Waals surface area contributed by atoms with Crippen molar-refractivity contribution < 1.29 is 0 Å². The molecule has 0 aromatic carbocycles. The van der Waals surface area contributed by atoms with Crippen LogP contribution in [0.25, 0.3) is 0 Å². The van der Waals surface area contributed by atoms with Crippen molar-refractivity contribution in [3.8, 4) is 0 Å². The molecule has 1 aromatic heterocycles. The van der Waals surface area contributed by atoms with Crippen LogP contribution in [-0.2, 0) is 6.54 Å². The summed E-state index contributed by atoms with van der Waals surface area (Å²) in [5, 5.41) is 10.3. The number of nitrogens with zero attached hydrogens (tertiary/aromatic N) is 2. The normalized spacial score (nSPS) is 25.8. The summed E-state index contributed by atoms with van der Waals surface area (Å²) < 4.78 is 0. The van der Waals surface area contributed by atoms with Gasteiger partial charge >= 0.3 is 0 Å². The highest BCUT2D eigenvalue weighted by Crippen LogP contribution is 2.58. The molecule has 12 heavy (non-hydrogen) atoms. The second kappa shape index (κ2) is 2.50. The van der Waals surface area contributed by atoms with Gasteiger partial charge in [0.05, 0.1) is 0 Å². The Morgan fingerprint density at radius 1 is 1.58 bits per heavy atom. The predicted octanol–water partition coefficient (Wildman–Crippen LogP) is 1.51. The highest BCUT2D eigenvalue weighted by Gasteiger charge is 2.48. The third-order valence-corrected chi connectivity index (χ3v) is 3.53. The lowest BCUT2D eigenvalue weighted by Crippen LogP contribution is -1.94. The Labute approximate surface area is 76.0 Å². The first-order valence-corrected chi connectivity index (χ1v) is 4.97. The Kier molecular flexibility index (Phi) is 1.70. The zero-order valence-corrected chi connectivity index (χ0v) is 8.19. The van der Waals surface area contributed by atoms with Gasteiger partial charge in [-0.05, 0) is 11.8 Å². The molecule has 1 fully saturated rings. The summed E-state index contributed by atoms with van der Waals surface area (Å²) in [6, 6.07) is 0. The average molecular weight is 183 g/mol. The molecule has 1 heterocycles. The molecule has 2 N–H and O–H groups in total. The van der Waals surface area contributed by atoms with Crippen LogP contribution in [0.5, 0.6) is 0 Å². The van der Waals surface area contributed by atoms with Gasteiger partial charge in [0.2, 0.25) is 0 Å². The molecule has 0 radical (unpaired) electrons. The molecule has 66 valence electrons. The molecule has 0 aliphatic heterocycles. The first kappa shape index (κ1) is 8.13. The lowest BCUT2D eigenvalue weighted by molar-refractivity contribution is 0.618. The fraction of sp³-hybridized carbons (Fsp3) is 0.750. The van der Waals surface area contributed by atoms with Crippen molar-refractivity contribution in [3.63, 3.8) is 0 Å². The molecular weight excluding hydrogens is 170 g/mol. The van der Waals surface area contributed by atoms with Crippen LogP contribution in [0.4, 0.5) is 0 Å². The zero-order valence-electron chi connectivity index (χ0n) is 7.37. The molecule has 1 aromatic rings. The van der Waals surface area contributed by atoms with Gasteiger partial charge in [0.25, 0.3) is 0 Å². The SMILES string of the molecule is CC1(C)CC1c1nnc(CN)s1. The molecule has 4 heteroatoms. The van der Waals surface area contributed by atoms with E-state index in [-0.39, 0.29) is 0 Å². The molecule has 0 spiro atoms. The highest BCUT2D eigenvalue weighted by atomic mass is 32.1. The number of rotatable bonds is 2. The number of hydrogen-bond acceptors (Lipinski definition) is 4. The van der Waals surface area contributed by atoms with E-state index in [1.807, 2.05) is 0 Å². The molecule has 1 aliphatic rings. The molecule has 1 atom stereocenters. The van der Waals surface area contributed by atoms with E-state index in [1.54, 1.807) is 11.3 Å². The fourth-order valence-corrected chi connectivity index (χ4v) is 2.41. The van der Waals surface area contributed by atoms with E-state index in [1.165, 1.54) is 11.4 Å². The Hall–Kier alpha value is -0.480. The Balaban J connectivity index is 2.15. The summed E-state index contributed by atoms with van der Waals surface area (Å²) in [7, 11) is 0. The largest absolute Gasteiger partial charge is 0.324 e. The molecule has 1 aliphatic carbocycles. The molecule has 0 bridgehead atoms. The zero-order chi connectivity index (χ0) is 8.77. The summed E-state index contributed by atoms with van der Waals surface area (Å²) in [5.74, 6) is 0.635. The van der Waals surface area contributed by atoms with Crippen LogP contribution in [0.3, 0.4) is 0 Å². The topological polar surface area (TPSA) is 51.8 Å². The first-order chi connectivity index (χ1) is 5.63. The second-order valence-corrected chi connectivity index (χ2v) is 5.08. The maximum absolute atomic E-state index is 5.46. The van der Waals surface area contributed by atoms with Crippen molar-refractivity contribution in [1.29, 1.82) is 0 Å².